The van der Waals surface area contributed by atoms with E-state index in [-0.39, 0.29) is 12.4 Å². The van der Waals surface area contributed by atoms with Crippen molar-refractivity contribution in [3.8, 4) is 0 Å². The average molecular weight is 322 g/mol. The zero-order valence-corrected chi connectivity index (χ0v) is 12.4. The van der Waals surface area contributed by atoms with Gasteiger partial charge in [0.05, 0.1) is 12.7 Å². The molecule has 1 aliphatic rings. The highest BCUT2D eigenvalue weighted by atomic mass is 35.5. The lowest BCUT2D eigenvalue weighted by molar-refractivity contribution is -0.147. The molecule has 1 aliphatic heterocycles. The van der Waals surface area contributed by atoms with Gasteiger partial charge < -0.3 is 9.84 Å². The third-order valence-corrected chi connectivity index (χ3v) is 3.53. The predicted octanol–water partition coefficient (Wildman–Crippen LogP) is 2.62. The molecule has 0 aromatic heterocycles. The van der Waals surface area contributed by atoms with Crippen molar-refractivity contribution in [1.29, 1.82) is 0 Å². The molecule has 21 heavy (non-hydrogen) atoms. The SMILES string of the molecule is CCC(C(=O)O)N1CCOC(c2ccc(F)c(F)c2)C1.Cl. The van der Waals surface area contributed by atoms with Crippen LogP contribution in [0.5, 0.6) is 0 Å². The van der Waals surface area contributed by atoms with E-state index in [1.54, 1.807) is 11.8 Å². The fourth-order valence-corrected chi connectivity index (χ4v) is 2.46. The number of nitrogens with zero attached hydrogens (tertiary/aromatic N) is 1. The summed E-state index contributed by atoms with van der Waals surface area (Å²) in [5.41, 5.74) is 0.522. The van der Waals surface area contributed by atoms with E-state index in [9.17, 15) is 18.7 Å². The van der Waals surface area contributed by atoms with Crippen molar-refractivity contribution in [3.63, 3.8) is 0 Å². The Kier molecular flexibility index (Phi) is 6.51. The molecular formula is C14H18ClF2NO3. The highest BCUT2D eigenvalue weighted by Gasteiger charge is 2.30. The van der Waals surface area contributed by atoms with Crippen molar-refractivity contribution < 1.29 is 23.4 Å². The van der Waals surface area contributed by atoms with Crippen molar-refractivity contribution >= 4 is 18.4 Å². The molecule has 0 spiro atoms. The number of carboxylic acids is 1. The maximum Gasteiger partial charge on any atom is 0.320 e. The van der Waals surface area contributed by atoms with E-state index in [1.807, 2.05) is 0 Å². The fraction of sp³-hybridized carbons (Fsp3) is 0.500. The second-order valence-corrected chi connectivity index (χ2v) is 4.79. The van der Waals surface area contributed by atoms with E-state index < -0.39 is 29.7 Å². The van der Waals surface area contributed by atoms with E-state index in [0.29, 0.717) is 31.7 Å². The zero-order valence-electron chi connectivity index (χ0n) is 11.6. The van der Waals surface area contributed by atoms with Crippen molar-refractivity contribution in [2.75, 3.05) is 19.7 Å². The minimum atomic E-state index is -0.923. The van der Waals surface area contributed by atoms with E-state index in [0.717, 1.165) is 12.1 Å². The lowest BCUT2D eigenvalue weighted by Gasteiger charge is -2.36. The number of aliphatic carboxylic acids is 1. The Morgan fingerprint density at radius 1 is 1.48 bits per heavy atom. The minimum Gasteiger partial charge on any atom is -0.480 e. The molecule has 4 nitrogen and oxygen atoms in total. The Balaban J connectivity index is 0.00000220. The number of carbonyl (C=O) groups is 1. The number of morpholine rings is 1. The van der Waals surface area contributed by atoms with E-state index in [1.165, 1.54) is 6.07 Å². The first-order valence-corrected chi connectivity index (χ1v) is 6.56. The summed E-state index contributed by atoms with van der Waals surface area (Å²) < 4.78 is 31.7. The molecule has 0 radical (unpaired) electrons. The van der Waals surface area contributed by atoms with Gasteiger partial charge >= 0.3 is 5.97 Å². The molecule has 1 fully saturated rings. The molecule has 2 unspecified atom stereocenters. The lowest BCUT2D eigenvalue weighted by atomic mass is 10.1. The van der Waals surface area contributed by atoms with Gasteiger partial charge in [0.25, 0.3) is 0 Å². The lowest BCUT2D eigenvalue weighted by Crippen LogP contribution is -2.48. The normalized spacial score (nSPS) is 20.6. The number of carboxylic acid groups (broad SMARTS) is 1. The van der Waals surface area contributed by atoms with Gasteiger partial charge in [-0.15, -0.1) is 12.4 Å². The Labute approximate surface area is 128 Å². The van der Waals surface area contributed by atoms with Crippen LogP contribution in [-0.4, -0.2) is 41.7 Å². The maximum atomic E-state index is 13.2. The molecule has 1 saturated heterocycles. The molecule has 1 N–H and O–H groups in total. The molecule has 1 aromatic carbocycles. The molecule has 2 rings (SSSR count). The van der Waals surface area contributed by atoms with Crippen LogP contribution in [0.3, 0.4) is 0 Å². The highest BCUT2D eigenvalue weighted by molar-refractivity contribution is 5.85. The number of halogens is 3. The molecule has 2 atom stereocenters. The summed E-state index contributed by atoms with van der Waals surface area (Å²) in [6.45, 7) is 3.05. The van der Waals surface area contributed by atoms with Crippen LogP contribution in [-0.2, 0) is 9.53 Å². The second kappa shape index (κ2) is 7.68. The summed E-state index contributed by atoms with van der Waals surface area (Å²) in [7, 11) is 0. The van der Waals surface area contributed by atoms with Gasteiger partial charge in [-0.2, -0.15) is 0 Å². The summed E-state index contributed by atoms with van der Waals surface area (Å²) in [5.74, 6) is -2.70. The summed E-state index contributed by atoms with van der Waals surface area (Å²) in [4.78, 5) is 13.0. The summed E-state index contributed by atoms with van der Waals surface area (Å²) >= 11 is 0. The van der Waals surface area contributed by atoms with Gasteiger partial charge in [-0.25, -0.2) is 8.78 Å². The minimum absolute atomic E-state index is 0. The fourth-order valence-electron chi connectivity index (χ4n) is 2.46. The Bertz CT molecular complexity index is 501. The largest absolute Gasteiger partial charge is 0.480 e. The first kappa shape index (κ1) is 17.8. The zero-order chi connectivity index (χ0) is 14.7. The van der Waals surface area contributed by atoms with Crippen LogP contribution in [0, 0.1) is 11.6 Å². The van der Waals surface area contributed by atoms with Crippen molar-refractivity contribution in [2.24, 2.45) is 0 Å². The number of hydrogen-bond donors (Lipinski definition) is 1. The summed E-state index contributed by atoms with van der Waals surface area (Å²) in [6, 6.07) is 3.05. The summed E-state index contributed by atoms with van der Waals surface area (Å²) in [5, 5.41) is 9.17. The maximum absolute atomic E-state index is 13.2. The smallest absolute Gasteiger partial charge is 0.320 e. The number of benzene rings is 1. The molecule has 1 aromatic rings. The number of hydrogen-bond acceptors (Lipinski definition) is 3. The standard InChI is InChI=1S/C14H17F2NO3.ClH/c1-2-12(14(18)19)17-5-6-20-13(8-17)9-3-4-10(15)11(16)7-9;/h3-4,7,12-13H,2,5-6,8H2,1H3,(H,18,19);1H. The van der Waals surface area contributed by atoms with Gasteiger partial charge in [-0.3, -0.25) is 9.69 Å². The van der Waals surface area contributed by atoms with Crippen molar-refractivity contribution in [3.05, 3.63) is 35.4 Å². The first-order valence-electron chi connectivity index (χ1n) is 6.56. The Morgan fingerprint density at radius 2 is 2.19 bits per heavy atom. The van der Waals surface area contributed by atoms with Gasteiger partial charge in [-0.05, 0) is 24.1 Å². The van der Waals surface area contributed by atoms with Crippen LogP contribution >= 0.6 is 12.4 Å². The average Bonchev–Trinajstić information content (AvgIpc) is 2.42. The van der Waals surface area contributed by atoms with Gasteiger partial charge in [0.2, 0.25) is 0 Å². The number of ether oxygens (including phenoxy) is 1. The van der Waals surface area contributed by atoms with Gasteiger partial charge in [-0.1, -0.05) is 13.0 Å². The van der Waals surface area contributed by atoms with Gasteiger partial charge in [0, 0.05) is 13.1 Å². The van der Waals surface area contributed by atoms with Crippen LogP contribution in [0.15, 0.2) is 18.2 Å². The van der Waals surface area contributed by atoms with E-state index in [4.69, 9.17) is 4.74 Å². The molecule has 1 heterocycles. The topological polar surface area (TPSA) is 49.8 Å². The van der Waals surface area contributed by atoms with Crippen molar-refractivity contribution in [1.82, 2.24) is 4.90 Å². The molecule has 0 amide bonds. The van der Waals surface area contributed by atoms with Crippen LogP contribution in [0.4, 0.5) is 8.78 Å². The third-order valence-electron chi connectivity index (χ3n) is 3.53. The molecule has 0 bridgehead atoms. The van der Waals surface area contributed by atoms with Crippen LogP contribution in [0.2, 0.25) is 0 Å². The van der Waals surface area contributed by atoms with E-state index in [2.05, 4.69) is 0 Å². The highest BCUT2D eigenvalue weighted by Crippen LogP contribution is 2.25. The van der Waals surface area contributed by atoms with Crippen LogP contribution in [0.25, 0.3) is 0 Å². The van der Waals surface area contributed by atoms with Crippen LogP contribution < -0.4 is 0 Å². The monoisotopic (exact) mass is 321 g/mol. The predicted molar refractivity (Wildman–Crippen MR) is 75.6 cm³/mol. The van der Waals surface area contributed by atoms with E-state index >= 15 is 0 Å². The molecule has 0 aliphatic carbocycles. The van der Waals surface area contributed by atoms with Crippen LogP contribution in [0.1, 0.15) is 25.0 Å². The third kappa shape index (κ3) is 4.12. The first-order chi connectivity index (χ1) is 9.52. The second-order valence-electron chi connectivity index (χ2n) is 4.79. The summed E-state index contributed by atoms with van der Waals surface area (Å²) in [6.07, 6.45) is 0.0482. The van der Waals surface area contributed by atoms with Crippen molar-refractivity contribution in [2.45, 2.75) is 25.5 Å². The quantitative estimate of drug-likeness (QED) is 0.926. The number of rotatable bonds is 4. The molecule has 7 heteroatoms. The molecule has 118 valence electrons. The molecular weight excluding hydrogens is 304 g/mol. The molecule has 0 saturated carbocycles. The van der Waals surface area contributed by atoms with Gasteiger partial charge in [0.15, 0.2) is 11.6 Å². The Hall–Kier alpha value is -1.24. The Morgan fingerprint density at radius 3 is 2.76 bits per heavy atom. The van der Waals surface area contributed by atoms with Gasteiger partial charge in [0.1, 0.15) is 6.04 Å².